The summed E-state index contributed by atoms with van der Waals surface area (Å²) in [4.78, 5) is 28.7. The molecule has 1 fully saturated rings. The van der Waals surface area contributed by atoms with Gasteiger partial charge in [0.2, 0.25) is 5.43 Å². The molecule has 5 atom stereocenters. The van der Waals surface area contributed by atoms with Crippen LogP contribution in [0.3, 0.4) is 0 Å². The van der Waals surface area contributed by atoms with Crippen LogP contribution in [0.1, 0.15) is 59.2 Å². The van der Waals surface area contributed by atoms with Crippen molar-refractivity contribution < 1.29 is 38.0 Å². The maximum atomic E-state index is 14.2. The largest absolute Gasteiger partial charge is 0.483 e. The summed E-state index contributed by atoms with van der Waals surface area (Å²) in [5.41, 5.74) is -2.91. The average Bonchev–Trinajstić information content (AvgIpc) is 3.06. The monoisotopic (exact) mass is 573 g/mol. The van der Waals surface area contributed by atoms with E-state index in [2.05, 4.69) is 5.32 Å². The van der Waals surface area contributed by atoms with Crippen LogP contribution >= 0.6 is 0 Å². The summed E-state index contributed by atoms with van der Waals surface area (Å²) in [5.74, 6) is -4.88. The molecule has 2 aliphatic rings. The number of amides is 1. The van der Waals surface area contributed by atoms with Crippen molar-refractivity contribution >= 4 is 5.91 Å². The van der Waals surface area contributed by atoms with Gasteiger partial charge < -0.3 is 29.9 Å². The van der Waals surface area contributed by atoms with Gasteiger partial charge in [-0.2, -0.15) is 0 Å². The van der Waals surface area contributed by atoms with Crippen molar-refractivity contribution in [2.24, 2.45) is 0 Å². The zero-order chi connectivity index (χ0) is 29.5. The number of carbonyl (C=O) groups excluding carboxylic acids is 1. The summed E-state index contributed by atoms with van der Waals surface area (Å²) in [6.45, 7) is 0.565. The van der Waals surface area contributed by atoms with Crippen LogP contribution in [0.25, 0.3) is 0 Å². The third-order valence-corrected chi connectivity index (χ3v) is 7.97. The first kappa shape index (κ1) is 28.8. The summed E-state index contributed by atoms with van der Waals surface area (Å²) in [7, 11) is 0. The molecule has 1 aromatic heterocycles. The molecule has 12 heteroatoms. The highest BCUT2D eigenvalue weighted by molar-refractivity contribution is 5.94. The number of nitrogens with one attached hydrogen (secondary N) is 1. The summed E-state index contributed by atoms with van der Waals surface area (Å²) >= 11 is 0. The van der Waals surface area contributed by atoms with Gasteiger partial charge in [0.15, 0.2) is 12.0 Å². The Morgan fingerprint density at radius 1 is 1.17 bits per heavy atom. The van der Waals surface area contributed by atoms with Gasteiger partial charge in [-0.3, -0.25) is 14.5 Å². The van der Waals surface area contributed by atoms with Gasteiger partial charge in [0.25, 0.3) is 5.91 Å². The van der Waals surface area contributed by atoms with Crippen molar-refractivity contribution in [2.75, 3.05) is 13.2 Å². The molecule has 3 heterocycles. The van der Waals surface area contributed by atoms with Crippen molar-refractivity contribution in [2.45, 2.75) is 56.8 Å². The maximum Gasteiger partial charge on any atom is 0.257 e. The molecule has 2 aromatic carbocycles. The van der Waals surface area contributed by atoms with Gasteiger partial charge in [0.05, 0.1) is 12.6 Å². The number of fused-ring (bicyclic) bond motifs is 4. The molecule has 9 nitrogen and oxygen atoms in total. The summed E-state index contributed by atoms with van der Waals surface area (Å²) < 4.78 is 49.0. The molecule has 4 N–H and O–H groups in total. The number of hydrogen-bond donors (Lipinski definition) is 4. The number of aromatic nitrogens is 1. The second-order valence-electron chi connectivity index (χ2n) is 10.5. The molecule has 1 amide bonds. The summed E-state index contributed by atoms with van der Waals surface area (Å²) in [5, 5.41) is 35.3. The lowest BCUT2D eigenvalue weighted by atomic mass is 9.89. The highest BCUT2D eigenvalue weighted by Crippen LogP contribution is 2.44. The normalized spacial score (nSPS) is 25.2. The van der Waals surface area contributed by atoms with E-state index in [-0.39, 0.29) is 37.1 Å². The number of ether oxygens (including phenoxy) is 1. The smallest absolute Gasteiger partial charge is 0.257 e. The van der Waals surface area contributed by atoms with Crippen LogP contribution in [0, 0.1) is 17.5 Å². The van der Waals surface area contributed by atoms with E-state index in [1.807, 2.05) is 6.92 Å². The molecule has 2 unspecified atom stereocenters. The Balaban J connectivity index is 1.60. The number of hydrogen-bond acceptors (Lipinski definition) is 7. The van der Waals surface area contributed by atoms with Gasteiger partial charge in [0, 0.05) is 43.0 Å². The van der Waals surface area contributed by atoms with Gasteiger partial charge in [-0.15, -0.1) is 0 Å². The molecule has 41 heavy (non-hydrogen) atoms. The van der Waals surface area contributed by atoms with Crippen LogP contribution in [-0.2, 0) is 13.2 Å². The number of halogens is 3. The number of aliphatic hydroxyl groups excluding tert-OH is 2. The molecule has 2 bridgehead atoms. The van der Waals surface area contributed by atoms with E-state index >= 15 is 0 Å². The first-order valence-electron chi connectivity index (χ1n) is 13.2. The number of benzene rings is 2. The fraction of sp³-hybridized carbons (Fsp3) is 0.379. The second-order valence-corrected chi connectivity index (χ2v) is 10.5. The van der Waals surface area contributed by atoms with Crippen molar-refractivity contribution in [3.05, 3.63) is 98.7 Å². The van der Waals surface area contributed by atoms with Crippen LogP contribution in [-0.4, -0.2) is 55.5 Å². The number of nitrogens with zero attached hydrogens (tertiary/aromatic N) is 2. The second kappa shape index (κ2) is 11.3. The third-order valence-electron chi connectivity index (χ3n) is 7.97. The lowest BCUT2D eigenvalue weighted by molar-refractivity contribution is -0.0972. The van der Waals surface area contributed by atoms with E-state index in [0.717, 1.165) is 6.20 Å². The molecule has 2 aliphatic heterocycles. The minimum absolute atomic E-state index is 0.00924. The zero-order valence-electron chi connectivity index (χ0n) is 22.2. The van der Waals surface area contributed by atoms with E-state index in [1.54, 1.807) is 35.2 Å². The third kappa shape index (κ3) is 5.35. The Kier molecular flexibility index (Phi) is 7.93. The van der Waals surface area contributed by atoms with Crippen molar-refractivity contribution in [1.82, 2.24) is 14.8 Å². The van der Waals surface area contributed by atoms with E-state index < -0.39 is 70.9 Å². The maximum absolute atomic E-state index is 14.2. The molecule has 1 saturated heterocycles. The van der Waals surface area contributed by atoms with Crippen LogP contribution in [0.4, 0.5) is 13.2 Å². The SMILES string of the molecule is C[C@H]1CC[C@](O)(CO)[C@H]2CN1C(O)c1c(OCc3ccccc3)c(=O)c(C(=O)NCc3c(F)cc(F)cc3F)cn12. The van der Waals surface area contributed by atoms with Gasteiger partial charge >= 0.3 is 0 Å². The van der Waals surface area contributed by atoms with Crippen LogP contribution in [0.2, 0.25) is 0 Å². The van der Waals surface area contributed by atoms with Crippen molar-refractivity contribution in [1.29, 1.82) is 0 Å². The van der Waals surface area contributed by atoms with Gasteiger partial charge in [-0.1, -0.05) is 30.3 Å². The van der Waals surface area contributed by atoms with Crippen LogP contribution in [0.15, 0.2) is 53.5 Å². The highest BCUT2D eigenvalue weighted by Gasteiger charge is 2.49. The Labute approximate surface area is 233 Å². The predicted octanol–water partition coefficient (Wildman–Crippen LogP) is 2.53. The molecule has 0 saturated carbocycles. The van der Waals surface area contributed by atoms with Crippen LogP contribution in [0.5, 0.6) is 5.75 Å². The molecular formula is C29H30F3N3O6. The zero-order valence-corrected chi connectivity index (χ0v) is 22.2. The summed E-state index contributed by atoms with van der Waals surface area (Å²) in [6, 6.07) is 8.73. The van der Waals surface area contributed by atoms with E-state index in [1.165, 1.54) is 4.57 Å². The van der Waals surface area contributed by atoms with Gasteiger partial charge in [0.1, 0.15) is 40.9 Å². The van der Waals surface area contributed by atoms with Crippen molar-refractivity contribution in [3.63, 3.8) is 0 Å². The highest BCUT2D eigenvalue weighted by atomic mass is 19.1. The molecule has 0 aliphatic carbocycles. The molecule has 0 spiro atoms. The number of carbonyl (C=O) groups is 1. The Morgan fingerprint density at radius 2 is 1.85 bits per heavy atom. The minimum Gasteiger partial charge on any atom is -0.483 e. The lowest BCUT2D eigenvalue weighted by Gasteiger charge is -2.45. The predicted molar refractivity (Wildman–Crippen MR) is 140 cm³/mol. The fourth-order valence-corrected chi connectivity index (χ4v) is 5.54. The summed E-state index contributed by atoms with van der Waals surface area (Å²) in [6.07, 6.45) is 0.433. The minimum atomic E-state index is -1.65. The quantitative estimate of drug-likeness (QED) is 0.343. The van der Waals surface area contributed by atoms with Gasteiger partial charge in [-0.25, -0.2) is 13.2 Å². The topological polar surface area (TPSA) is 124 Å². The molecule has 218 valence electrons. The molecule has 5 rings (SSSR count). The Morgan fingerprint density at radius 3 is 2.51 bits per heavy atom. The van der Waals surface area contributed by atoms with Crippen LogP contribution < -0.4 is 15.5 Å². The Hall–Kier alpha value is -3.71. The molecular weight excluding hydrogens is 543 g/mol. The molecule has 3 aromatic rings. The fourth-order valence-electron chi connectivity index (χ4n) is 5.54. The van der Waals surface area contributed by atoms with Gasteiger partial charge in [-0.05, 0) is 25.3 Å². The van der Waals surface area contributed by atoms with E-state index in [9.17, 15) is 38.1 Å². The number of rotatable bonds is 7. The van der Waals surface area contributed by atoms with E-state index in [0.29, 0.717) is 24.1 Å². The standard InChI is InChI=1S/C29H30F3N3O6/c1-16-7-8-29(40,15-36)23-13-34(16)28(39)24-26(41-14-17-5-3-2-4-6-17)25(37)20(12-35(23)24)27(38)33-11-19-21(31)9-18(30)10-22(19)32/h2-6,9-10,12,16,23,28,36,39-40H,7-8,11,13-15H2,1H3,(H,33,38)/t16-,23+,28?,29-/m0/s1. The number of aliphatic hydroxyl groups is 3. The molecule has 0 radical (unpaired) electrons. The average molecular weight is 574 g/mol. The number of pyridine rings is 1. The lowest BCUT2D eigenvalue weighted by Crippen LogP contribution is -2.52. The first-order chi connectivity index (χ1) is 19.5. The first-order valence-corrected chi connectivity index (χ1v) is 13.2. The van der Waals surface area contributed by atoms with E-state index in [4.69, 9.17) is 4.74 Å². The van der Waals surface area contributed by atoms with Crippen molar-refractivity contribution in [3.8, 4) is 5.75 Å². The Bertz CT molecular complexity index is 1490.